The largest absolute Gasteiger partial charge is 0.455 e. The molecule has 52 heavy (non-hydrogen) atoms. The van der Waals surface area contributed by atoms with Gasteiger partial charge in [0.1, 0.15) is 11.2 Å². The van der Waals surface area contributed by atoms with Gasteiger partial charge in [-0.25, -0.2) is 0 Å². The van der Waals surface area contributed by atoms with Gasteiger partial charge in [0.05, 0.1) is 5.69 Å². The molecule has 0 saturated heterocycles. The maximum atomic E-state index is 6.52. The lowest BCUT2D eigenvalue weighted by atomic mass is 9.96. The molecule has 0 aliphatic heterocycles. The second kappa shape index (κ2) is 12.5. The summed E-state index contributed by atoms with van der Waals surface area (Å²) < 4.78 is 6.52. The van der Waals surface area contributed by atoms with Crippen molar-refractivity contribution >= 4 is 60.5 Å². The number of rotatable bonds is 6. The first-order valence-corrected chi connectivity index (χ1v) is 17.8. The SMILES string of the molecule is c1ccc(-c2ccc(N(c3ccc(-c4ccc5c(c4)oc4c6ccccc6ccc54)cc3)c3ccc(-c4ccccc4)c4ccccc34)cc2)cc1. The van der Waals surface area contributed by atoms with Crippen LogP contribution in [0.4, 0.5) is 17.1 Å². The van der Waals surface area contributed by atoms with Crippen LogP contribution < -0.4 is 4.90 Å². The minimum atomic E-state index is 0.901. The molecule has 0 saturated carbocycles. The number of furan rings is 1. The van der Waals surface area contributed by atoms with Crippen molar-refractivity contribution in [3.63, 3.8) is 0 Å². The second-order valence-corrected chi connectivity index (χ2v) is 13.3. The quantitative estimate of drug-likeness (QED) is 0.176. The molecule has 10 aromatic rings. The minimum Gasteiger partial charge on any atom is -0.455 e. The van der Waals surface area contributed by atoms with E-state index in [1.807, 2.05) is 0 Å². The fourth-order valence-corrected chi connectivity index (χ4v) is 7.70. The van der Waals surface area contributed by atoms with Crippen molar-refractivity contribution in [1.29, 1.82) is 0 Å². The average molecular weight is 664 g/mol. The highest BCUT2D eigenvalue weighted by Gasteiger charge is 2.18. The van der Waals surface area contributed by atoms with Crippen LogP contribution >= 0.6 is 0 Å². The molecule has 0 N–H and O–H groups in total. The predicted octanol–water partition coefficient (Wildman–Crippen LogP) is 14.4. The molecule has 9 aromatic carbocycles. The summed E-state index contributed by atoms with van der Waals surface area (Å²) in [6.45, 7) is 0. The van der Waals surface area contributed by atoms with Gasteiger partial charge in [-0.1, -0.05) is 152 Å². The van der Waals surface area contributed by atoms with Crippen LogP contribution in [0.3, 0.4) is 0 Å². The number of benzene rings is 9. The lowest BCUT2D eigenvalue weighted by Crippen LogP contribution is -2.10. The third kappa shape index (κ3) is 5.12. The highest BCUT2D eigenvalue weighted by Crippen LogP contribution is 2.43. The van der Waals surface area contributed by atoms with E-state index in [4.69, 9.17) is 4.42 Å². The highest BCUT2D eigenvalue weighted by atomic mass is 16.3. The van der Waals surface area contributed by atoms with E-state index in [-0.39, 0.29) is 0 Å². The molecular formula is C50H33NO. The van der Waals surface area contributed by atoms with Gasteiger partial charge in [-0.2, -0.15) is 0 Å². The fourth-order valence-electron chi connectivity index (χ4n) is 7.70. The Morgan fingerprint density at radius 1 is 0.327 bits per heavy atom. The predicted molar refractivity (Wildman–Crippen MR) is 220 cm³/mol. The number of fused-ring (bicyclic) bond motifs is 6. The first-order chi connectivity index (χ1) is 25.8. The summed E-state index contributed by atoms with van der Waals surface area (Å²) in [5, 5.41) is 7.03. The van der Waals surface area contributed by atoms with Crippen molar-refractivity contribution < 1.29 is 4.42 Å². The maximum Gasteiger partial charge on any atom is 0.143 e. The van der Waals surface area contributed by atoms with E-state index in [1.54, 1.807) is 0 Å². The molecule has 1 heterocycles. The molecule has 0 aliphatic carbocycles. The van der Waals surface area contributed by atoms with Crippen LogP contribution in [0.2, 0.25) is 0 Å². The molecule has 2 nitrogen and oxygen atoms in total. The van der Waals surface area contributed by atoms with Crippen molar-refractivity contribution in [2.45, 2.75) is 0 Å². The zero-order chi connectivity index (χ0) is 34.4. The lowest BCUT2D eigenvalue weighted by Gasteiger charge is -2.28. The molecule has 0 atom stereocenters. The Bertz CT molecular complexity index is 2870. The van der Waals surface area contributed by atoms with Gasteiger partial charge in [0.2, 0.25) is 0 Å². The maximum absolute atomic E-state index is 6.52. The molecule has 0 unspecified atom stereocenters. The average Bonchev–Trinajstić information content (AvgIpc) is 3.61. The minimum absolute atomic E-state index is 0.901. The van der Waals surface area contributed by atoms with Crippen molar-refractivity contribution in [2.75, 3.05) is 4.90 Å². The Morgan fingerprint density at radius 3 is 1.58 bits per heavy atom. The van der Waals surface area contributed by atoms with Crippen LogP contribution in [0.5, 0.6) is 0 Å². The smallest absolute Gasteiger partial charge is 0.143 e. The van der Waals surface area contributed by atoms with Crippen LogP contribution in [0.1, 0.15) is 0 Å². The van der Waals surface area contributed by atoms with Crippen LogP contribution in [-0.4, -0.2) is 0 Å². The van der Waals surface area contributed by atoms with Gasteiger partial charge in [0, 0.05) is 32.9 Å². The van der Waals surface area contributed by atoms with E-state index in [9.17, 15) is 0 Å². The first kappa shape index (κ1) is 30.0. The first-order valence-electron chi connectivity index (χ1n) is 17.8. The Kier molecular flexibility index (Phi) is 7.18. The number of hydrogen-bond donors (Lipinski definition) is 0. The van der Waals surface area contributed by atoms with Gasteiger partial charge in [0.25, 0.3) is 0 Å². The zero-order valence-corrected chi connectivity index (χ0v) is 28.4. The number of anilines is 3. The molecule has 0 fully saturated rings. The van der Waals surface area contributed by atoms with Gasteiger partial charge in [-0.15, -0.1) is 0 Å². The number of hydrogen-bond acceptors (Lipinski definition) is 2. The van der Waals surface area contributed by atoms with E-state index in [0.717, 1.165) is 55.5 Å². The van der Waals surface area contributed by atoms with Crippen LogP contribution in [0, 0.1) is 0 Å². The summed E-state index contributed by atoms with van der Waals surface area (Å²) in [5.41, 5.74) is 12.3. The van der Waals surface area contributed by atoms with Crippen molar-refractivity contribution in [3.05, 3.63) is 200 Å². The highest BCUT2D eigenvalue weighted by molar-refractivity contribution is 6.15. The Hall–Kier alpha value is -6.90. The molecule has 0 amide bonds. The van der Waals surface area contributed by atoms with Gasteiger partial charge >= 0.3 is 0 Å². The summed E-state index contributed by atoms with van der Waals surface area (Å²) >= 11 is 0. The number of nitrogens with zero attached hydrogens (tertiary/aromatic N) is 1. The molecule has 2 heteroatoms. The van der Waals surface area contributed by atoms with E-state index >= 15 is 0 Å². The summed E-state index contributed by atoms with van der Waals surface area (Å²) in [6.07, 6.45) is 0. The summed E-state index contributed by atoms with van der Waals surface area (Å²) in [5.74, 6) is 0. The molecule has 0 radical (unpaired) electrons. The normalized spacial score (nSPS) is 11.5. The molecule has 0 spiro atoms. The molecule has 0 bridgehead atoms. The van der Waals surface area contributed by atoms with Gasteiger partial charge < -0.3 is 9.32 Å². The summed E-state index contributed by atoms with van der Waals surface area (Å²) in [6, 6.07) is 71.6. The van der Waals surface area contributed by atoms with Gasteiger partial charge in [0.15, 0.2) is 0 Å². The van der Waals surface area contributed by atoms with Crippen LogP contribution in [-0.2, 0) is 0 Å². The van der Waals surface area contributed by atoms with Gasteiger partial charge in [-0.05, 0) is 92.7 Å². The van der Waals surface area contributed by atoms with Crippen molar-refractivity contribution in [1.82, 2.24) is 0 Å². The van der Waals surface area contributed by atoms with Crippen LogP contribution in [0.15, 0.2) is 205 Å². The monoisotopic (exact) mass is 663 g/mol. The summed E-state index contributed by atoms with van der Waals surface area (Å²) in [4.78, 5) is 2.38. The van der Waals surface area contributed by atoms with E-state index in [1.165, 1.54) is 38.4 Å². The molecule has 10 rings (SSSR count). The lowest BCUT2D eigenvalue weighted by molar-refractivity contribution is 0.673. The summed E-state index contributed by atoms with van der Waals surface area (Å²) in [7, 11) is 0. The van der Waals surface area contributed by atoms with Crippen LogP contribution in [0.25, 0.3) is 76.9 Å². The Labute approximate surface area is 302 Å². The van der Waals surface area contributed by atoms with Crippen molar-refractivity contribution in [2.24, 2.45) is 0 Å². The Balaban J connectivity index is 1.08. The third-order valence-electron chi connectivity index (χ3n) is 10.3. The fraction of sp³-hybridized carbons (Fsp3) is 0. The van der Waals surface area contributed by atoms with E-state index in [0.29, 0.717) is 0 Å². The molecular weight excluding hydrogens is 631 g/mol. The zero-order valence-electron chi connectivity index (χ0n) is 28.4. The molecule has 0 aliphatic rings. The molecule has 244 valence electrons. The standard InChI is InChI=1S/C50H33NO/c1-3-11-34(12-4-1)35-19-25-40(26-20-35)51(48-32-31-42(37-13-5-2-6-14-37)44-17-9-10-18-45(44)48)41-27-21-36(22-28-41)39-24-29-46-47-30-23-38-15-7-8-16-43(38)50(47)52-49(46)33-39/h1-33H. The van der Waals surface area contributed by atoms with E-state index < -0.39 is 0 Å². The second-order valence-electron chi connectivity index (χ2n) is 13.3. The molecule has 1 aromatic heterocycles. The third-order valence-corrected chi connectivity index (χ3v) is 10.3. The topological polar surface area (TPSA) is 16.4 Å². The van der Waals surface area contributed by atoms with E-state index in [2.05, 4.69) is 205 Å². The van der Waals surface area contributed by atoms with Crippen molar-refractivity contribution in [3.8, 4) is 33.4 Å². The van der Waals surface area contributed by atoms with Gasteiger partial charge in [-0.3, -0.25) is 0 Å². The Morgan fingerprint density at radius 2 is 0.865 bits per heavy atom.